The number of benzene rings is 2. The topological polar surface area (TPSA) is 48.6 Å². The van der Waals surface area contributed by atoms with Crippen LogP contribution in [0.25, 0.3) is 32.6 Å². The van der Waals surface area contributed by atoms with Gasteiger partial charge in [-0.15, -0.1) is 0 Å². The lowest BCUT2D eigenvalue weighted by Gasteiger charge is -2.03. The molecular formula is C16H12N2O. The van der Waals surface area contributed by atoms with Crippen molar-refractivity contribution in [3.05, 3.63) is 58.5 Å². The highest BCUT2D eigenvalue weighted by Crippen LogP contribution is 2.31. The molecule has 4 rings (SSSR count). The number of fused-ring (bicyclic) bond motifs is 4. The maximum absolute atomic E-state index is 12.0. The van der Waals surface area contributed by atoms with E-state index in [4.69, 9.17) is 0 Å². The molecule has 0 atom stereocenters. The zero-order valence-corrected chi connectivity index (χ0v) is 10.4. The predicted octanol–water partition coefficient (Wildman–Crippen LogP) is 3.47. The molecule has 0 fully saturated rings. The zero-order chi connectivity index (χ0) is 13.0. The summed E-state index contributed by atoms with van der Waals surface area (Å²) < 4.78 is 0. The first kappa shape index (κ1) is 10.4. The number of para-hydroxylation sites is 1. The lowest BCUT2D eigenvalue weighted by molar-refractivity contribution is 1.27. The van der Waals surface area contributed by atoms with Crippen molar-refractivity contribution >= 4 is 32.6 Å². The molecule has 2 heterocycles. The number of nitrogens with one attached hydrogen (secondary N) is 2. The van der Waals surface area contributed by atoms with E-state index in [1.54, 1.807) is 6.20 Å². The monoisotopic (exact) mass is 248 g/mol. The summed E-state index contributed by atoms with van der Waals surface area (Å²) in [5, 5.41) is 4.06. The van der Waals surface area contributed by atoms with Crippen LogP contribution in [0.3, 0.4) is 0 Å². The lowest BCUT2D eigenvalue weighted by Crippen LogP contribution is -2.06. The molecule has 0 spiro atoms. The second-order valence-corrected chi connectivity index (χ2v) is 4.87. The molecule has 2 N–H and O–H groups in total. The van der Waals surface area contributed by atoms with Gasteiger partial charge < -0.3 is 9.97 Å². The molecule has 0 bridgehead atoms. The van der Waals surface area contributed by atoms with E-state index in [-0.39, 0.29) is 5.56 Å². The van der Waals surface area contributed by atoms with Gasteiger partial charge in [0.2, 0.25) is 0 Å². The molecule has 3 nitrogen and oxygen atoms in total. The van der Waals surface area contributed by atoms with E-state index in [0.717, 1.165) is 32.8 Å². The number of hydrogen-bond donors (Lipinski definition) is 2. The Morgan fingerprint density at radius 3 is 2.74 bits per heavy atom. The fourth-order valence-corrected chi connectivity index (χ4v) is 2.96. The van der Waals surface area contributed by atoms with Gasteiger partial charge in [-0.25, -0.2) is 0 Å². The van der Waals surface area contributed by atoms with Gasteiger partial charge in [0.1, 0.15) is 0 Å². The van der Waals surface area contributed by atoms with E-state index in [0.29, 0.717) is 0 Å². The fourth-order valence-electron chi connectivity index (χ4n) is 2.96. The summed E-state index contributed by atoms with van der Waals surface area (Å²) in [6.45, 7) is 2.01. The summed E-state index contributed by atoms with van der Waals surface area (Å²) in [5.41, 5.74) is 3.19. The van der Waals surface area contributed by atoms with Gasteiger partial charge in [-0.05, 0) is 36.1 Å². The molecule has 0 aliphatic heterocycles. The molecule has 0 unspecified atom stereocenters. The third-order valence-electron chi connectivity index (χ3n) is 3.78. The molecule has 4 aromatic rings. The van der Waals surface area contributed by atoms with Crippen LogP contribution in [0.5, 0.6) is 0 Å². The number of pyridine rings is 1. The molecule has 2 aromatic carbocycles. The second-order valence-electron chi connectivity index (χ2n) is 4.87. The van der Waals surface area contributed by atoms with E-state index in [1.807, 2.05) is 31.2 Å². The molecule has 0 aliphatic carbocycles. The van der Waals surface area contributed by atoms with Crippen LogP contribution in [0.15, 0.2) is 47.4 Å². The summed E-state index contributed by atoms with van der Waals surface area (Å²) in [4.78, 5) is 18.2. The summed E-state index contributed by atoms with van der Waals surface area (Å²) >= 11 is 0. The van der Waals surface area contributed by atoms with Crippen molar-refractivity contribution < 1.29 is 0 Å². The van der Waals surface area contributed by atoms with Gasteiger partial charge in [-0.3, -0.25) is 4.79 Å². The Labute approximate surface area is 108 Å². The van der Waals surface area contributed by atoms with Crippen molar-refractivity contribution in [2.75, 3.05) is 0 Å². The van der Waals surface area contributed by atoms with E-state index in [1.165, 1.54) is 5.39 Å². The van der Waals surface area contributed by atoms with Gasteiger partial charge in [-0.1, -0.05) is 18.2 Å². The molecule has 19 heavy (non-hydrogen) atoms. The number of rotatable bonds is 0. The number of aromatic amines is 2. The lowest BCUT2D eigenvalue weighted by atomic mass is 10.0. The summed E-state index contributed by atoms with van der Waals surface area (Å²) in [6, 6.07) is 12.2. The normalized spacial score (nSPS) is 11.6. The van der Waals surface area contributed by atoms with Crippen molar-refractivity contribution in [1.82, 2.24) is 9.97 Å². The van der Waals surface area contributed by atoms with Gasteiger partial charge in [0, 0.05) is 28.0 Å². The Hall–Kier alpha value is -2.55. The standard InChI is InChI=1S/C16H12N2O/c1-9-14-10(6-7-17-16(14)19)8-13-15(9)11-4-2-3-5-12(11)18-13/h2-8,18H,1H3,(H,17,19). The van der Waals surface area contributed by atoms with Crippen LogP contribution in [-0.2, 0) is 0 Å². The number of aromatic nitrogens is 2. The van der Waals surface area contributed by atoms with Crippen molar-refractivity contribution in [3.8, 4) is 0 Å². The van der Waals surface area contributed by atoms with Crippen LogP contribution in [0.4, 0.5) is 0 Å². The smallest absolute Gasteiger partial charge is 0.256 e. The van der Waals surface area contributed by atoms with E-state index in [9.17, 15) is 4.79 Å². The number of hydrogen-bond acceptors (Lipinski definition) is 1. The summed E-state index contributed by atoms with van der Waals surface area (Å²) in [6.07, 6.45) is 1.69. The number of H-pyrrole nitrogens is 2. The van der Waals surface area contributed by atoms with Crippen LogP contribution in [0, 0.1) is 6.92 Å². The van der Waals surface area contributed by atoms with Crippen LogP contribution >= 0.6 is 0 Å². The molecule has 0 saturated heterocycles. The zero-order valence-electron chi connectivity index (χ0n) is 10.4. The number of aryl methyl sites for hydroxylation is 1. The third-order valence-corrected chi connectivity index (χ3v) is 3.78. The molecular weight excluding hydrogens is 236 g/mol. The average molecular weight is 248 g/mol. The van der Waals surface area contributed by atoms with Gasteiger partial charge in [0.25, 0.3) is 5.56 Å². The third kappa shape index (κ3) is 1.30. The first-order chi connectivity index (χ1) is 9.25. The molecule has 92 valence electrons. The van der Waals surface area contributed by atoms with E-state index < -0.39 is 0 Å². The maximum atomic E-state index is 12.0. The highest BCUT2D eigenvalue weighted by Gasteiger charge is 2.11. The molecule has 0 radical (unpaired) electrons. The highest BCUT2D eigenvalue weighted by atomic mass is 16.1. The average Bonchev–Trinajstić information content (AvgIpc) is 2.77. The van der Waals surface area contributed by atoms with Gasteiger partial charge in [-0.2, -0.15) is 0 Å². The van der Waals surface area contributed by atoms with E-state index in [2.05, 4.69) is 22.1 Å². The second kappa shape index (κ2) is 3.48. The Bertz CT molecular complexity index is 992. The van der Waals surface area contributed by atoms with Crippen molar-refractivity contribution in [1.29, 1.82) is 0 Å². The van der Waals surface area contributed by atoms with Gasteiger partial charge >= 0.3 is 0 Å². The minimum Gasteiger partial charge on any atom is -0.354 e. The maximum Gasteiger partial charge on any atom is 0.256 e. The molecule has 3 heteroatoms. The molecule has 0 amide bonds. The summed E-state index contributed by atoms with van der Waals surface area (Å²) in [5.74, 6) is 0. The Morgan fingerprint density at radius 2 is 1.84 bits per heavy atom. The van der Waals surface area contributed by atoms with Crippen LogP contribution in [-0.4, -0.2) is 9.97 Å². The minimum atomic E-state index is -0.0258. The minimum absolute atomic E-state index is 0.0258. The largest absolute Gasteiger partial charge is 0.354 e. The van der Waals surface area contributed by atoms with Crippen molar-refractivity contribution in [2.45, 2.75) is 6.92 Å². The fraction of sp³-hybridized carbons (Fsp3) is 0.0625. The molecule has 2 aromatic heterocycles. The molecule has 0 saturated carbocycles. The SMILES string of the molecule is Cc1c2c(=O)[nH]ccc2cc2[nH]c3ccccc3c12. The van der Waals surface area contributed by atoms with Crippen molar-refractivity contribution in [2.24, 2.45) is 0 Å². The Morgan fingerprint density at radius 1 is 1.00 bits per heavy atom. The van der Waals surface area contributed by atoms with Gasteiger partial charge in [0.15, 0.2) is 0 Å². The Balaban J connectivity index is 2.38. The van der Waals surface area contributed by atoms with Crippen LogP contribution in [0.1, 0.15) is 5.56 Å². The summed E-state index contributed by atoms with van der Waals surface area (Å²) in [7, 11) is 0. The van der Waals surface area contributed by atoms with E-state index >= 15 is 0 Å². The van der Waals surface area contributed by atoms with Crippen molar-refractivity contribution in [3.63, 3.8) is 0 Å². The first-order valence-corrected chi connectivity index (χ1v) is 6.27. The first-order valence-electron chi connectivity index (χ1n) is 6.27. The Kier molecular flexibility index (Phi) is 1.90. The molecule has 0 aliphatic rings. The van der Waals surface area contributed by atoms with Gasteiger partial charge in [0.05, 0.1) is 5.39 Å². The van der Waals surface area contributed by atoms with Crippen LogP contribution < -0.4 is 5.56 Å². The predicted molar refractivity (Wildman–Crippen MR) is 78.7 cm³/mol. The highest BCUT2D eigenvalue weighted by molar-refractivity contribution is 6.14. The quantitative estimate of drug-likeness (QED) is 0.492. The van der Waals surface area contributed by atoms with Crippen LogP contribution in [0.2, 0.25) is 0 Å².